The highest BCUT2D eigenvalue weighted by molar-refractivity contribution is 5.37. The zero-order chi connectivity index (χ0) is 8.10. The lowest BCUT2D eigenvalue weighted by molar-refractivity contribution is 1.24. The molecule has 0 fully saturated rings. The summed E-state index contributed by atoms with van der Waals surface area (Å²) in [6, 6.07) is 10.5. The number of rotatable bonds is 2. The Morgan fingerprint density at radius 2 is 2.55 bits per heavy atom. The van der Waals surface area contributed by atoms with Gasteiger partial charge in [0.05, 0.1) is 11.6 Å². The minimum atomic E-state index is 0.687. The molecule has 0 aliphatic carbocycles. The fourth-order valence-corrected chi connectivity index (χ4v) is 0.889. The summed E-state index contributed by atoms with van der Waals surface area (Å²) in [5.41, 5.74) is 1.61. The fourth-order valence-electron chi connectivity index (χ4n) is 0.889. The number of nitrogens with zero attached hydrogens (tertiary/aromatic N) is 1. The Labute approximate surface area is 66.6 Å². The van der Waals surface area contributed by atoms with E-state index in [-0.39, 0.29) is 0 Å². The summed E-state index contributed by atoms with van der Waals surface area (Å²) in [5, 5.41) is 8.64. The molecule has 11 heavy (non-hydrogen) atoms. The Kier molecular flexibility index (Phi) is 2.46. The van der Waals surface area contributed by atoms with Crippen molar-refractivity contribution in [2.75, 3.05) is 0 Å². The molecule has 0 atom stereocenters. The monoisotopic (exact) mass is 142 g/mol. The predicted molar refractivity (Wildman–Crippen MR) is 43.9 cm³/mol. The third-order valence-corrected chi connectivity index (χ3v) is 1.41. The van der Waals surface area contributed by atoms with Gasteiger partial charge in [-0.1, -0.05) is 18.2 Å². The van der Waals surface area contributed by atoms with Crippen LogP contribution in [0.4, 0.5) is 0 Å². The van der Waals surface area contributed by atoms with Crippen molar-refractivity contribution in [3.63, 3.8) is 0 Å². The molecular formula is C10H8N. The van der Waals surface area contributed by atoms with Crippen LogP contribution in [0, 0.1) is 17.4 Å². The van der Waals surface area contributed by atoms with E-state index < -0.39 is 0 Å². The van der Waals surface area contributed by atoms with Crippen molar-refractivity contribution in [1.29, 1.82) is 5.26 Å². The molecule has 1 aromatic rings. The Hall–Kier alpha value is -1.55. The van der Waals surface area contributed by atoms with Crippen LogP contribution < -0.4 is 0 Å². The van der Waals surface area contributed by atoms with Gasteiger partial charge in [-0.3, -0.25) is 0 Å². The minimum Gasteiger partial charge on any atom is -0.192 e. The van der Waals surface area contributed by atoms with Crippen molar-refractivity contribution in [2.24, 2.45) is 0 Å². The van der Waals surface area contributed by atoms with Crippen LogP contribution in [-0.4, -0.2) is 0 Å². The lowest BCUT2D eigenvalue weighted by atomic mass is 10.1. The average molecular weight is 142 g/mol. The van der Waals surface area contributed by atoms with Crippen LogP contribution in [0.15, 0.2) is 30.9 Å². The molecule has 1 heteroatoms. The molecule has 0 aromatic heterocycles. The number of allylic oxidation sites excluding steroid dienone is 1. The van der Waals surface area contributed by atoms with Gasteiger partial charge in [0.25, 0.3) is 0 Å². The molecule has 0 bridgehead atoms. The van der Waals surface area contributed by atoms with E-state index in [1.54, 1.807) is 18.2 Å². The maximum absolute atomic E-state index is 8.64. The molecule has 1 radical (unpaired) electrons. The minimum absolute atomic E-state index is 0.687. The van der Waals surface area contributed by atoms with Crippen LogP contribution in [0.2, 0.25) is 0 Å². The zero-order valence-electron chi connectivity index (χ0n) is 6.17. The molecule has 0 heterocycles. The molecular weight excluding hydrogens is 134 g/mol. The van der Waals surface area contributed by atoms with Crippen molar-refractivity contribution < 1.29 is 0 Å². The van der Waals surface area contributed by atoms with Gasteiger partial charge in [0.1, 0.15) is 0 Å². The lowest BCUT2D eigenvalue weighted by Crippen LogP contribution is -1.86. The van der Waals surface area contributed by atoms with Crippen LogP contribution in [-0.2, 0) is 6.42 Å². The first-order chi connectivity index (χ1) is 5.38. The van der Waals surface area contributed by atoms with E-state index in [4.69, 9.17) is 5.26 Å². The van der Waals surface area contributed by atoms with E-state index in [1.807, 2.05) is 6.07 Å². The molecule has 0 unspecified atom stereocenters. The van der Waals surface area contributed by atoms with Crippen molar-refractivity contribution in [1.82, 2.24) is 0 Å². The lowest BCUT2D eigenvalue weighted by Gasteiger charge is -1.96. The quantitative estimate of drug-likeness (QED) is 0.580. The van der Waals surface area contributed by atoms with E-state index in [0.717, 1.165) is 5.56 Å². The second kappa shape index (κ2) is 3.58. The second-order valence-corrected chi connectivity index (χ2v) is 2.17. The van der Waals surface area contributed by atoms with Crippen LogP contribution >= 0.6 is 0 Å². The van der Waals surface area contributed by atoms with Crippen LogP contribution in [0.3, 0.4) is 0 Å². The maximum Gasteiger partial charge on any atom is 0.0994 e. The molecule has 1 nitrogen and oxygen atoms in total. The predicted octanol–water partition coefficient (Wildman–Crippen LogP) is 2.09. The van der Waals surface area contributed by atoms with E-state index in [0.29, 0.717) is 12.0 Å². The summed E-state index contributed by atoms with van der Waals surface area (Å²) in [4.78, 5) is 0. The summed E-state index contributed by atoms with van der Waals surface area (Å²) in [6.45, 7) is 3.60. The van der Waals surface area contributed by atoms with Gasteiger partial charge in [-0.15, -0.1) is 6.58 Å². The van der Waals surface area contributed by atoms with Crippen molar-refractivity contribution >= 4 is 0 Å². The van der Waals surface area contributed by atoms with Gasteiger partial charge in [0.15, 0.2) is 0 Å². The molecule has 1 rings (SSSR count). The summed E-state index contributed by atoms with van der Waals surface area (Å²) < 4.78 is 0. The number of hydrogen-bond acceptors (Lipinski definition) is 1. The summed E-state index contributed by atoms with van der Waals surface area (Å²) in [5.74, 6) is 0. The highest BCUT2D eigenvalue weighted by atomic mass is 14.2. The Morgan fingerprint density at radius 1 is 1.73 bits per heavy atom. The molecule has 1 aromatic carbocycles. The van der Waals surface area contributed by atoms with Crippen LogP contribution in [0.5, 0.6) is 0 Å². The standard InChI is InChI=1S/C10H8N/c1-2-5-9-6-3-4-7-10(9)8-11/h2-4,7H,1,5H2. The largest absolute Gasteiger partial charge is 0.192 e. The molecule has 0 aliphatic heterocycles. The first-order valence-corrected chi connectivity index (χ1v) is 3.39. The fraction of sp³-hybridized carbons (Fsp3) is 0.100. The summed E-state index contributed by atoms with van der Waals surface area (Å²) in [6.07, 6.45) is 2.48. The van der Waals surface area contributed by atoms with E-state index in [9.17, 15) is 0 Å². The molecule has 0 amide bonds. The summed E-state index contributed by atoms with van der Waals surface area (Å²) >= 11 is 0. The van der Waals surface area contributed by atoms with Gasteiger partial charge in [-0.25, -0.2) is 0 Å². The van der Waals surface area contributed by atoms with E-state index in [1.165, 1.54) is 0 Å². The van der Waals surface area contributed by atoms with Gasteiger partial charge in [0, 0.05) is 0 Å². The maximum atomic E-state index is 8.64. The first kappa shape index (κ1) is 7.56. The molecule has 0 spiro atoms. The van der Waals surface area contributed by atoms with Gasteiger partial charge in [-0.2, -0.15) is 5.26 Å². The third kappa shape index (κ3) is 1.68. The Balaban J connectivity index is 3.04. The zero-order valence-corrected chi connectivity index (χ0v) is 6.17. The smallest absolute Gasteiger partial charge is 0.0994 e. The second-order valence-electron chi connectivity index (χ2n) is 2.17. The van der Waals surface area contributed by atoms with Gasteiger partial charge in [0.2, 0.25) is 0 Å². The van der Waals surface area contributed by atoms with Gasteiger partial charge < -0.3 is 0 Å². The first-order valence-electron chi connectivity index (χ1n) is 3.39. The van der Waals surface area contributed by atoms with Crippen LogP contribution in [0.1, 0.15) is 11.1 Å². The average Bonchev–Trinajstić information content (AvgIpc) is 2.06. The SMILES string of the molecule is C=CCc1[c]cccc1C#N. The molecule has 53 valence electrons. The number of nitriles is 1. The topological polar surface area (TPSA) is 23.8 Å². The highest BCUT2D eigenvalue weighted by Crippen LogP contribution is 2.06. The van der Waals surface area contributed by atoms with Crippen molar-refractivity contribution in [3.8, 4) is 6.07 Å². The summed E-state index contributed by atoms with van der Waals surface area (Å²) in [7, 11) is 0. The van der Waals surface area contributed by atoms with Crippen molar-refractivity contribution in [3.05, 3.63) is 48.0 Å². The Morgan fingerprint density at radius 3 is 3.18 bits per heavy atom. The van der Waals surface area contributed by atoms with E-state index >= 15 is 0 Å². The van der Waals surface area contributed by atoms with Gasteiger partial charge >= 0.3 is 0 Å². The molecule has 0 saturated heterocycles. The van der Waals surface area contributed by atoms with E-state index in [2.05, 4.69) is 18.7 Å². The number of hydrogen-bond donors (Lipinski definition) is 0. The molecule has 0 N–H and O–H groups in total. The number of benzene rings is 1. The van der Waals surface area contributed by atoms with Crippen LogP contribution in [0.25, 0.3) is 0 Å². The molecule has 0 saturated carbocycles. The Bertz CT molecular complexity index is 294. The van der Waals surface area contributed by atoms with Gasteiger partial charge in [-0.05, 0) is 24.1 Å². The third-order valence-electron chi connectivity index (χ3n) is 1.41. The normalized spacial score (nSPS) is 8.64. The molecule has 0 aliphatic rings. The van der Waals surface area contributed by atoms with Crippen molar-refractivity contribution in [2.45, 2.75) is 6.42 Å². The highest BCUT2D eigenvalue weighted by Gasteiger charge is 1.96.